The predicted molar refractivity (Wildman–Crippen MR) is 77.9 cm³/mol. The fourth-order valence-electron chi connectivity index (χ4n) is 1.89. The maximum absolute atomic E-state index is 13.7. The molecule has 0 nitrogen and oxygen atoms in total. The average Bonchev–Trinajstić information content (AvgIpc) is 2.37. The van der Waals surface area contributed by atoms with Crippen LogP contribution >= 0.6 is 27.5 Å². The summed E-state index contributed by atoms with van der Waals surface area (Å²) in [4.78, 5) is -0.110. The molecule has 0 fully saturated rings. The minimum Gasteiger partial charge on any atom is -0.207 e. The van der Waals surface area contributed by atoms with Crippen LogP contribution in [-0.4, -0.2) is 0 Å². The summed E-state index contributed by atoms with van der Waals surface area (Å²) >= 11 is 9.50. The smallest absolute Gasteiger partial charge is 0.127 e. The van der Waals surface area contributed by atoms with Crippen LogP contribution in [0.25, 0.3) is 0 Å². The molecule has 0 aromatic heterocycles. The minimum atomic E-state index is -0.323. The zero-order valence-electron chi connectivity index (χ0n) is 10.3. The lowest BCUT2D eigenvalue weighted by Gasteiger charge is -2.13. The summed E-state index contributed by atoms with van der Waals surface area (Å²) in [6.45, 7) is 1.70. The van der Waals surface area contributed by atoms with Gasteiger partial charge < -0.3 is 0 Å². The Morgan fingerprint density at radius 1 is 1.16 bits per heavy atom. The lowest BCUT2D eigenvalue weighted by atomic mass is 10.0. The van der Waals surface area contributed by atoms with Crippen molar-refractivity contribution in [1.82, 2.24) is 0 Å². The molecular formula is C15H12BrClF2. The van der Waals surface area contributed by atoms with Gasteiger partial charge in [-0.05, 0) is 42.7 Å². The number of hydrogen-bond donors (Lipinski definition) is 0. The highest BCUT2D eigenvalue weighted by molar-refractivity contribution is 9.09. The molecule has 100 valence electrons. The number of benzene rings is 2. The van der Waals surface area contributed by atoms with Gasteiger partial charge in [0.05, 0.1) is 0 Å². The SMILES string of the molecule is Cc1cc(C(Br)Cc2c(F)cccc2Cl)ccc1F. The monoisotopic (exact) mass is 344 g/mol. The normalized spacial score (nSPS) is 12.5. The van der Waals surface area contributed by atoms with Gasteiger partial charge in [0.25, 0.3) is 0 Å². The third kappa shape index (κ3) is 3.34. The largest absolute Gasteiger partial charge is 0.207 e. The third-order valence-electron chi connectivity index (χ3n) is 2.99. The predicted octanol–water partition coefficient (Wildman–Crippen LogP) is 5.61. The van der Waals surface area contributed by atoms with Crippen LogP contribution in [0.4, 0.5) is 8.78 Å². The standard InChI is InChI=1S/C15H12BrClF2/c1-9-7-10(5-6-14(9)18)12(16)8-11-13(17)3-2-4-15(11)19/h2-7,12H,8H2,1H3. The van der Waals surface area contributed by atoms with E-state index in [1.807, 2.05) is 0 Å². The van der Waals surface area contributed by atoms with Gasteiger partial charge >= 0.3 is 0 Å². The number of aryl methyl sites for hydroxylation is 1. The Bertz CT molecular complexity index is 578. The van der Waals surface area contributed by atoms with Crippen molar-refractivity contribution < 1.29 is 8.78 Å². The van der Waals surface area contributed by atoms with Gasteiger partial charge in [0.15, 0.2) is 0 Å². The van der Waals surface area contributed by atoms with E-state index in [0.29, 0.717) is 22.6 Å². The molecule has 0 spiro atoms. The quantitative estimate of drug-likeness (QED) is 0.635. The highest BCUT2D eigenvalue weighted by Gasteiger charge is 2.15. The summed E-state index contributed by atoms with van der Waals surface area (Å²) in [6, 6.07) is 9.49. The van der Waals surface area contributed by atoms with Crippen LogP contribution < -0.4 is 0 Å². The average molecular weight is 346 g/mol. The Hall–Kier alpha value is -0.930. The van der Waals surface area contributed by atoms with Gasteiger partial charge in [-0.2, -0.15) is 0 Å². The first-order valence-electron chi connectivity index (χ1n) is 5.82. The summed E-state index contributed by atoms with van der Waals surface area (Å²) in [5.41, 5.74) is 1.94. The van der Waals surface area contributed by atoms with Gasteiger partial charge in [0.1, 0.15) is 11.6 Å². The summed E-state index contributed by atoms with van der Waals surface area (Å²) in [5.74, 6) is -0.567. The van der Waals surface area contributed by atoms with Crippen molar-refractivity contribution in [3.8, 4) is 0 Å². The van der Waals surface area contributed by atoms with Crippen molar-refractivity contribution >= 4 is 27.5 Å². The van der Waals surface area contributed by atoms with E-state index >= 15 is 0 Å². The molecule has 1 atom stereocenters. The van der Waals surface area contributed by atoms with Crippen LogP contribution in [0.15, 0.2) is 36.4 Å². The van der Waals surface area contributed by atoms with Crippen LogP contribution in [0.3, 0.4) is 0 Å². The molecular weight excluding hydrogens is 334 g/mol. The summed E-state index contributed by atoms with van der Waals surface area (Å²) in [7, 11) is 0. The summed E-state index contributed by atoms with van der Waals surface area (Å²) in [6.07, 6.45) is 0.413. The van der Waals surface area contributed by atoms with Crippen molar-refractivity contribution in [3.05, 3.63) is 69.7 Å². The van der Waals surface area contributed by atoms with Crippen molar-refractivity contribution in [1.29, 1.82) is 0 Å². The van der Waals surface area contributed by atoms with E-state index in [2.05, 4.69) is 15.9 Å². The van der Waals surface area contributed by atoms with Crippen molar-refractivity contribution in [3.63, 3.8) is 0 Å². The molecule has 0 aliphatic rings. The van der Waals surface area contributed by atoms with E-state index in [4.69, 9.17) is 11.6 Å². The van der Waals surface area contributed by atoms with E-state index in [9.17, 15) is 8.78 Å². The summed E-state index contributed by atoms with van der Waals surface area (Å²) in [5, 5.41) is 0.406. The molecule has 2 aromatic carbocycles. The second-order valence-electron chi connectivity index (χ2n) is 4.38. The zero-order chi connectivity index (χ0) is 14.0. The maximum atomic E-state index is 13.7. The molecule has 19 heavy (non-hydrogen) atoms. The zero-order valence-corrected chi connectivity index (χ0v) is 12.6. The van der Waals surface area contributed by atoms with Gasteiger partial charge in [-0.3, -0.25) is 0 Å². The molecule has 0 N–H and O–H groups in total. The second kappa shape index (κ2) is 6.02. The molecule has 0 heterocycles. The summed E-state index contributed by atoms with van der Waals surface area (Å²) < 4.78 is 26.9. The van der Waals surface area contributed by atoms with Gasteiger partial charge in [0, 0.05) is 15.4 Å². The molecule has 0 radical (unpaired) electrons. The lowest BCUT2D eigenvalue weighted by molar-refractivity contribution is 0.607. The van der Waals surface area contributed by atoms with E-state index in [1.165, 1.54) is 12.1 Å². The second-order valence-corrected chi connectivity index (χ2v) is 5.89. The van der Waals surface area contributed by atoms with E-state index < -0.39 is 0 Å². The van der Waals surface area contributed by atoms with Gasteiger partial charge in [0.2, 0.25) is 0 Å². The van der Waals surface area contributed by atoms with Gasteiger partial charge in [-0.1, -0.05) is 45.7 Å². The van der Waals surface area contributed by atoms with Crippen molar-refractivity contribution in [2.24, 2.45) is 0 Å². The first kappa shape index (κ1) is 14.5. The Kier molecular flexibility index (Phi) is 4.58. The van der Waals surface area contributed by atoms with Gasteiger partial charge in [-0.15, -0.1) is 0 Å². The van der Waals surface area contributed by atoms with Crippen LogP contribution in [0, 0.1) is 18.6 Å². The van der Waals surface area contributed by atoms with E-state index in [-0.39, 0.29) is 16.5 Å². The topological polar surface area (TPSA) is 0 Å². The maximum Gasteiger partial charge on any atom is 0.127 e. The van der Waals surface area contributed by atoms with Crippen molar-refractivity contribution in [2.45, 2.75) is 18.2 Å². The number of hydrogen-bond acceptors (Lipinski definition) is 0. The van der Waals surface area contributed by atoms with Crippen LogP contribution in [-0.2, 0) is 6.42 Å². The Morgan fingerprint density at radius 3 is 2.53 bits per heavy atom. The molecule has 0 bridgehead atoms. The molecule has 4 heteroatoms. The van der Waals surface area contributed by atoms with E-state index in [0.717, 1.165) is 5.56 Å². The van der Waals surface area contributed by atoms with Crippen molar-refractivity contribution in [2.75, 3.05) is 0 Å². The van der Waals surface area contributed by atoms with Crippen LogP contribution in [0.2, 0.25) is 5.02 Å². The molecule has 2 aromatic rings. The molecule has 0 aliphatic heterocycles. The highest BCUT2D eigenvalue weighted by Crippen LogP contribution is 2.31. The minimum absolute atomic E-state index is 0.110. The molecule has 2 rings (SSSR count). The fourth-order valence-corrected chi connectivity index (χ4v) is 2.74. The molecule has 0 amide bonds. The number of alkyl halides is 1. The Balaban J connectivity index is 2.25. The fraction of sp³-hybridized carbons (Fsp3) is 0.200. The Labute approximate surface area is 124 Å². The number of rotatable bonds is 3. The van der Waals surface area contributed by atoms with Crippen LogP contribution in [0.1, 0.15) is 21.5 Å². The van der Waals surface area contributed by atoms with Gasteiger partial charge in [-0.25, -0.2) is 8.78 Å². The lowest BCUT2D eigenvalue weighted by Crippen LogP contribution is -2.00. The number of halogens is 4. The molecule has 0 aliphatic carbocycles. The van der Waals surface area contributed by atoms with Crippen LogP contribution in [0.5, 0.6) is 0 Å². The molecule has 0 saturated heterocycles. The molecule has 1 unspecified atom stereocenters. The highest BCUT2D eigenvalue weighted by atomic mass is 79.9. The first-order valence-corrected chi connectivity index (χ1v) is 7.11. The first-order chi connectivity index (χ1) is 8.99. The van der Waals surface area contributed by atoms with E-state index in [1.54, 1.807) is 31.2 Å². The molecule has 0 saturated carbocycles. The Morgan fingerprint density at radius 2 is 1.89 bits per heavy atom. The third-order valence-corrected chi connectivity index (χ3v) is 4.20.